The van der Waals surface area contributed by atoms with Gasteiger partial charge in [0.25, 0.3) is 0 Å². The van der Waals surface area contributed by atoms with Gasteiger partial charge in [0.1, 0.15) is 5.82 Å². The van der Waals surface area contributed by atoms with E-state index >= 15 is 0 Å². The number of halogens is 1. The molecule has 1 saturated heterocycles. The molecule has 2 aliphatic rings. The molecule has 24 heavy (non-hydrogen) atoms. The Hall–Kier alpha value is -0.713. The third-order valence-electron chi connectivity index (χ3n) is 6.11. The van der Waals surface area contributed by atoms with E-state index in [0.29, 0.717) is 5.54 Å². The van der Waals surface area contributed by atoms with E-state index in [1.807, 2.05) is 12.1 Å². The van der Waals surface area contributed by atoms with Gasteiger partial charge in [0, 0.05) is 0 Å². The summed E-state index contributed by atoms with van der Waals surface area (Å²) in [6.45, 7) is 3.56. The molecule has 2 fully saturated rings. The molecule has 0 radical (unpaired) electrons. The number of hydrogen-bond acceptors (Lipinski definition) is 2. The Labute approximate surface area is 147 Å². The highest BCUT2D eigenvalue weighted by Gasteiger charge is 2.41. The van der Waals surface area contributed by atoms with Crippen molar-refractivity contribution in [3.05, 3.63) is 30.1 Å². The maximum Gasteiger partial charge on any atom is 0.223 e. The molecule has 4 heteroatoms. The number of hydrogen-bond donors (Lipinski definition) is 1. The van der Waals surface area contributed by atoms with Crippen molar-refractivity contribution in [1.29, 1.82) is 0 Å². The summed E-state index contributed by atoms with van der Waals surface area (Å²) in [4.78, 5) is 14.3. The van der Waals surface area contributed by atoms with Crippen LogP contribution in [0.5, 0.6) is 0 Å². The van der Waals surface area contributed by atoms with Crippen LogP contribution in [0.4, 0.5) is 4.39 Å². The molecule has 1 atom stereocenters. The lowest BCUT2D eigenvalue weighted by atomic mass is 10.0. The van der Waals surface area contributed by atoms with Gasteiger partial charge in [-0.2, -0.15) is 0 Å². The molecular formula is C20H32FNOSi. The van der Waals surface area contributed by atoms with Crippen LogP contribution in [0.3, 0.4) is 0 Å². The lowest BCUT2D eigenvalue weighted by Gasteiger charge is -2.37. The van der Waals surface area contributed by atoms with Crippen molar-refractivity contribution in [2.24, 2.45) is 0 Å². The molecule has 0 spiro atoms. The number of likely N-dealkylation sites (tertiary alicyclic amines) is 1. The molecule has 1 aromatic rings. The van der Waals surface area contributed by atoms with Crippen LogP contribution >= 0.6 is 0 Å². The van der Waals surface area contributed by atoms with E-state index in [-0.39, 0.29) is 5.82 Å². The van der Waals surface area contributed by atoms with Gasteiger partial charge in [0.05, 0.1) is 0 Å². The van der Waals surface area contributed by atoms with E-state index < -0.39 is 8.32 Å². The average molecular weight is 350 g/mol. The third kappa shape index (κ3) is 4.47. The van der Waals surface area contributed by atoms with Gasteiger partial charge in [-0.25, -0.2) is 4.39 Å². The van der Waals surface area contributed by atoms with Crippen LogP contribution in [0.25, 0.3) is 0 Å². The quantitative estimate of drug-likeness (QED) is 0.779. The van der Waals surface area contributed by atoms with Crippen LogP contribution in [0.15, 0.2) is 24.3 Å². The molecule has 1 saturated carbocycles. The maximum absolute atomic E-state index is 13.3. The van der Waals surface area contributed by atoms with Crippen LogP contribution in [-0.4, -0.2) is 37.6 Å². The van der Waals surface area contributed by atoms with E-state index in [1.165, 1.54) is 63.7 Å². The summed E-state index contributed by atoms with van der Waals surface area (Å²) >= 11 is 0. The molecule has 0 unspecified atom stereocenters. The second-order valence-electron chi connectivity index (χ2n) is 7.77. The first-order valence-electron chi connectivity index (χ1n) is 9.89. The normalized spacial score (nSPS) is 23.1. The summed E-state index contributed by atoms with van der Waals surface area (Å²) in [7, 11) is -2.53. The maximum atomic E-state index is 13.3. The number of rotatable bonds is 6. The van der Waals surface area contributed by atoms with Crippen LogP contribution in [0, 0.1) is 5.82 Å². The van der Waals surface area contributed by atoms with Gasteiger partial charge in [-0.05, 0) is 67.8 Å². The first-order valence-corrected chi connectivity index (χ1v) is 12.1. The molecule has 0 amide bonds. The van der Waals surface area contributed by atoms with E-state index in [2.05, 4.69) is 4.90 Å². The third-order valence-corrected chi connectivity index (χ3v) is 10.5. The Morgan fingerprint density at radius 2 is 1.58 bits per heavy atom. The number of benzene rings is 1. The molecule has 134 valence electrons. The number of piperidine rings is 1. The molecular weight excluding hydrogens is 317 g/mol. The molecule has 0 aromatic heterocycles. The monoisotopic (exact) mass is 349 g/mol. The fraction of sp³-hybridized carbons (Fsp3) is 0.700. The minimum atomic E-state index is -2.53. The fourth-order valence-electron chi connectivity index (χ4n) is 4.66. The first kappa shape index (κ1) is 18.1. The van der Waals surface area contributed by atoms with E-state index in [1.54, 1.807) is 0 Å². The summed E-state index contributed by atoms with van der Waals surface area (Å²) in [5.41, 5.74) is 0.457. The molecule has 1 aliphatic carbocycles. The van der Waals surface area contributed by atoms with Crippen molar-refractivity contribution >= 4 is 13.5 Å². The number of nitrogens with zero attached hydrogens (tertiary/aromatic N) is 1. The minimum Gasteiger partial charge on any atom is -0.427 e. The SMILES string of the molecule is O[Si@@](CCCN1CCCCC1)(c1ccc(F)cc1)C1CCCCC1. The molecule has 1 aromatic carbocycles. The summed E-state index contributed by atoms with van der Waals surface area (Å²) in [6.07, 6.45) is 11.2. The van der Waals surface area contributed by atoms with E-state index in [9.17, 15) is 9.19 Å². The van der Waals surface area contributed by atoms with Crippen LogP contribution in [0.1, 0.15) is 57.8 Å². The predicted octanol–water partition coefficient (Wildman–Crippen LogP) is 4.18. The topological polar surface area (TPSA) is 23.5 Å². The van der Waals surface area contributed by atoms with E-state index in [0.717, 1.165) is 37.0 Å². The predicted molar refractivity (Wildman–Crippen MR) is 101 cm³/mol. The zero-order valence-electron chi connectivity index (χ0n) is 14.9. The first-order chi connectivity index (χ1) is 11.7. The van der Waals surface area contributed by atoms with Crippen LogP contribution in [0.2, 0.25) is 11.6 Å². The zero-order valence-corrected chi connectivity index (χ0v) is 15.9. The zero-order chi connectivity index (χ0) is 16.8. The highest BCUT2D eigenvalue weighted by Crippen LogP contribution is 2.38. The summed E-state index contributed by atoms with van der Waals surface area (Å²) in [5.74, 6) is -0.202. The molecule has 0 bridgehead atoms. The van der Waals surface area contributed by atoms with Crippen LogP contribution in [-0.2, 0) is 0 Å². The Bertz CT molecular complexity index is 497. The van der Waals surface area contributed by atoms with Crippen molar-refractivity contribution in [2.75, 3.05) is 19.6 Å². The van der Waals surface area contributed by atoms with Crippen molar-refractivity contribution in [3.63, 3.8) is 0 Å². The van der Waals surface area contributed by atoms with Gasteiger partial charge in [0.2, 0.25) is 8.32 Å². The molecule has 3 rings (SSSR count). The van der Waals surface area contributed by atoms with Crippen molar-refractivity contribution in [1.82, 2.24) is 4.90 Å². The lowest BCUT2D eigenvalue weighted by molar-refractivity contribution is 0.228. The van der Waals surface area contributed by atoms with Crippen molar-refractivity contribution in [2.45, 2.75) is 69.4 Å². The largest absolute Gasteiger partial charge is 0.427 e. The Morgan fingerprint density at radius 1 is 0.958 bits per heavy atom. The van der Waals surface area contributed by atoms with Crippen LogP contribution < -0.4 is 5.19 Å². The van der Waals surface area contributed by atoms with Gasteiger partial charge < -0.3 is 9.70 Å². The molecule has 2 nitrogen and oxygen atoms in total. The van der Waals surface area contributed by atoms with Gasteiger partial charge in [-0.15, -0.1) is 0 Å². The second-order valence-corrected chi connectivity index (χ2v) is 11.5. The van der Waals surface area contributed by atoms with Crippen molar-refractivity contribution in [3.8, 4) is 0 Å². The second kappa shape index (κ2) is 8.59. The van der Waals surface area contributed by atoms with Gasteiger partial charge in [-0.1, -0.05) is 50.7 Å². The Balaban J connectivity index is 1.67. The Morgan fingerprint density at radius 3 is 2.25 bits per heavy atom. The average Bonchev–Trinajstić information content (AvgIpc) is 2.64. The molecule has 1 aliphatic heterocycles. The highest BCUT2D eigenvalue weighted by atomic mass is 28.4. The van der Waals surface area contributed by atoms with Gasteiger partial charge >= 0.3 is 0 Å². The summed E-state index contributed by atoms with van der Waals surface area (Å²) < 4.78 is 13.3. The summed E-state index contributed by atoms with van der Waals surface area (Å²) in [5, 5.41) is 1.05. The standard InChI is InChI=1S/C20H32FNOSi/c21-18-10-12-20(13-11-18)24(23,19-8-3-1-4-9-19)17-7-16-22-14-5-2-6-15-22/h10-13,19,23H,1-9,14-17H2/t24-/m1/s1. The lowest BCUT2D eigenvalue weighted by Crippen LogP contribution is -2.53. The highest BCUT2D eigenvalue weighted by molar-refractivity contribution is 6.86. The summed E-state index contributed by atoms with van der Waals surface area (Å²) in [6, 6.07) is 7.70. The smallest absolute Gasteiger partial charge is 0.223 e. The fourth-order valence-corrected chi connectivity index (χ4v) is 8.63. The Kier molecular flexibility index (Phi) is 6.47. The molecule has 1 heterocycles. The van der Waals surface area contributed by atoms with Gasteiger partial charge in [-0.3, -0.25) is 0 Å². The molecule has 1 N–H and O–H groups in total. The van der Waals surface area contributed by atoms with E-state index in [4.69, 9.17) is 0 Å². The van der Waals surface area contributed by atoms with Gasteiger partial charge in [0.15, 0.2) is 0 Å². The minimum absolute atomic E-state index is 0.202. The van der Waals surface area contributed by atoms with Crippen molar-refractivity contribution < 1.29 is 9.19 Å².